The van der Waals surface area contributed by atoms with Crippen LogP contribution >= 0.6 is 0 Å². The van der Waals surface area contributed by atoms with Crippen molar-refractivity contribution in [2.45, 2.75) is 0 Å². The maximum Gasteiger partial charge on any atom is 0.394 e. The van der Waals surface area contributed by atoms with Gasteiger partial charge in [-0.05, 0) is 0 Å². The lowest BCUT2D eigenvalue weighted by Crippen LogP contribution is -2.26. The molecule has 0 atom stereocenters. The highest BCUT2D eigenvalue weighted by Crippen LogP contribution is 1.59. The SMILES string of the molecule is N=C(N)NO.O.O=S(=O)(O)O. The normalized spacial score (nSPS) is 8.27. The summed E-state index contributed by atoms with van der Waals surface area (Å²) in [5.74, 6) is -0.440. The lowest BCUT2D eigenvalue weighted by atomic mass is 11.1. The average molecular weight is 191 g/mol. The molecule has 0 saturated carbocycles. The van der Waals surface area contributed by atoms with Gasteiger partial charge in [0.05, 0.1) is 0 Å². The van der Waals surface area contributed by atoms with Crippen molar-refractivity contribution in [2.24, 2.45) is 5.73 Å². The van der Waals surface area contributed by atoms with E-state index in [1.807, 2.05) is 0 Å². The first-order valence-corrected chi connectivity index (χ1v) is 3.11. The quantitative estimate of drug-likeness (QED) is 0.104. The van der Waals surface area contributed by atoms with Gasteiger partial charge in [-0.25, -0.2) is 5.48 Å². The molecule has 9 N–H and O–H groups in total. The van der Waals surface area contributed by atoms with Gasteiger partial charge in [-0.3, -0.25) is 19.7 Å². The predicted molar refractivity (Wildman–Crippen MR) is 34.6 cm³/mol. The Kier molecular flexibility index (Phi) is 10.8. The van der Waals surface area contributed by atoms with Crippen LogP contribution in [0.25, 0.3) is 0 Å². The van der Waals surface area contributed by atoms with Crippen LogP contribution in [0, 0.1) is 5.41 Å². The van der Waals surface area contributed by atoms with Crippen LogP contribution in [0.5, 0.6) is 0 Å². The molecular weight excluding hydrogens is 182 g/mol. The van der Waals surface area contributed by atoms with Crippen molar-refractivity contribution in [3.63, 3.8) is 0 Å². The number of hydrogen-bond donors (Lipinski definition) is 6. The number of nitrogens with two attached hydrogens (primary N) is 1. The van der Waals surface area contributed by atoms with Crippen LogP contribution in [-0.4, -0.2) is 34.2 Å². The molecule has 0 spiro atoms. The largest absolute Gasteiger partial charge is 0.412 e. The van der Waals surface area contributed by atoms with Gasteiger partial charge in [0, 0.05) is 0 Å². The number of guanidine groups is 1. The van der Waals surface area contributed by atoms with E-state index in [9.17, 15) is 0 Å². The number of hydroxylamine groups is 1. The second-order valence-electron chi connectivity index (χ2n) is 0.973. The van der Waals surface area contributed by atoms with Crippen LogP contribution in [0.4, 0.5) is 0 Å². The molecule has 0 rings (SSSR count). The van der Waals surface area contributed by atoms with Crippen LogP contribution in [0.15, 0.2) is 0 Å². The number of rotatable bonds is 0. The van der Waals surface area contributed by atoms with Crippen molar-refractivity contribution in [2.75, 3.05) is 0 Å². The molecule has 0 aromatic carbocycles. The highest BCUT2D eigenvalue weighted by atomic mass is 32.3. The summed E-state index contributed by atoms with van der Waals surface area (Å²) in [5, 5.41) is 13.7. The van der Waals surface area contributed by atoms with E-state index in [1.165, 1.54) is 5.48 Å². The Hall–Kier alpha value is -0.940. The zero-order valence-corrected chi connectivity index (χ0v) is 5.96. The van der Waals surface area contributed by atoms with Crippen molar-refractivity contribution >= 4 is 16.4 Å². The van der Waals surface area contributed by atoms with Gasteiger partial charge in [0.2, 0.25) is 5.96 Å². The van der Waals surface area contributed by atoms with Crippen LogP contribution in [0.2, 0.25) is 0 Å². The molecule has 0 bridgehead atoms. The molecule has 10 heteroatoms. The maximum atomic E-state index is 8.74. The molecule has 0 aliphatic heterocycles. The highest BCUT2D eigenvalue weighted by molar-refractivity contribution is 7.79. The summed E-state index contributed by atoms with van der Waals surface area (Å²) < 4.78 is 31.6. The molecule has 0 fully saturated rings. The Balaban J connectivity index is -0.000000107. The van der Waals surface area contributed by atoms with Gasteiger partial charge in [0.15, 0.2) is 0 Å². The molecule has 0 amide bonds. The van der Waals surface area contributed by atoms with Gasteiger partial charge in [-0.1, -0.05) is 0 Å². The predicted octanol–water partition coefficient (Wildman–Crippen LogP) is -2.62. The topological polar surface area (TPSA) is 188 Å². The van der Waals surface area contributed by atoms with Gasteiger partial charge >= 0.3 is 10.4 Å². The van der Waals surface area contributed by atoms with E-state index in [2.05, 4.69) is 5.73 Å². The lowest BCUT2D eigenvalue weighted by molar-refractivity contribution is 0.232. The third-order valence-electron chi connectivity index (χ3n) is 0.120. The fraction of sp³-hybridized carbons (Fsp3) is 0. The minimum absolute atomic E-state index is 0. The van der Waals surface area contributed by atoms with Gasteiger partial charge in [-0.15, -0.1) is 0 Å². The molecule has 11 heavy (non-hydrogen) atoms. The Bertz CT molecular complexity index is 176. The first-order chi connectivity index (χ1) is 4.27. The molecule has 0 aliphatic rings. The lowest BCUT2D eigenvalue weighted by Gasteiger charge is -1.84. The van der Waals surface area contributed by atoms with Gasteiger partial charge in [-0.2, -0.15) is 8.42 Å². The summed E-state index contributed by atoms with van der Waals surface area (Å²) in [5.41, 5.74) is 5.90. The summed E-state index contributed by atoms with van der Waals surface area (Å²) >= 11 is 0. The van der Waals surface area contributed by atoms with Crippen LogP contribution in [0.1, 0.15) is 0 Å². The van der Waals surface area contributed by atoms with Crippen LogP contribution < -0.4 is 11.2 Å². The van der Waals surface area contributed by atoms with Crippen molar-refractivity contribution in [3.05, 3.63) is 0 Å². The molecule has 0 unspecified atom stereocenters. The summed E-state index contributed by atoms with van der Waals surface area (Å²) in [4.78, 5) is 0. The van der Waals surface area contributed by atoms with E-state index in [0.29, 0.717) is 0 Å². The Morgan fingerprint density at radius 2 is 1.55 bits per heavy atom. The standard InChI is InChI=1S/CH5N3O.H2O4S.H2O/c2-1(3)4-5;1-5(2,3)4;/h5H,(H4,2,3,4);(H2,1,2,3,4);1H2. The van der Waals surface area contributed by atoms with E-state index in [1.54, 1.807) is 0 Å². The molecule has 0 radical (unpaired) electrons. The van der Waals surface area contributed by atoms with Crippen molar-refractivity contribution in [1.29, 1.82) is 5.41 Å². The molecule has 0 heterocycles. The minimum Gasteiger partial charge on any atom is -0.412 e. The van der Waals surface area contributed by atoms with Crippen molar-refractivity contribution in [1.82, 2.24) is 5.48 Å². The monoisotopic (exact) mass is 191 g/mol. The first kappa shape index (κ1) is 16.6. The third kappa shape index (κ3) is 402. The Labute approximate surface area is 62.2 Å². The van der Waals surface area contributed by atoms with E-state index >= 15 is 0 Å². The molecule has 70 valence electrons. The summed E-state index contributed by atoms with van der Waals surface area (Å²) in [6.45, 7) is 0. The van der Waals surface area contributed by atoms with Crippen molar-refractivity contribution in [3.8, 4) is 0 Å². The smallest absolute Gasteiger partial charge is 0.394 e. The summed E-state index contributed by atoms with van der Waals surface area (Å²) in [6, 6.07) is 0. The maximum absolute atomic E-state index is 8.74. The van der Waals surface area contributed by atoms with E-state index in [-0.39, 0.29) is 5.48 Å². The fourth-order valence-corrected chi connectivity index (χ4v) is 0. The third-order valence-corrected chi connectivity index (χ3v) is 0.120. The van der Waals surface area contributed by atoms with E-state index in [0.717, 1.165) is 0 Å². The number of hydrogen-bond acceptors (Lipinski definition) is 4. The summed E-state index contributed by atoms with van der Waals surface area (Å²) in [7, 11) is -4.67. The molecule has 0 aliphatic carbocycles. The first-order valence-electron chi connectivity index (χ1n) is 1.71. The molecule has 9 nitrogen and oxygen atoms in total. The zero-order chi connectivity index (χ0) is 8.78. The molecule has 0 aromatic heterocycles. The van der Waals surface area contributed by atoms with Crippen LogP contribution in [-0.2, 0) is 10.4 Å². The highest BCUT2D eigenvalue weighted by Gasteiger charge is 1.84. The van der Waals surface area contributed by atoms with Gasteiger partial charge in [0.1, 0.15) is 0 Å². The van der Waals surface area contributed by atoms with Gasteiger partial charge < -0.3 is 11.2 Å². The zero-order valence-electron chi connectivity index (χ0n) is 5.14. The van der Waals surface area contributed by atoms with Gasteiger partial charge in [0.25, 0.3) is 0 Å². The average Bonchev–Trinajstić information content (AvgIpc) is 1.61. The minimum atomic E-state index is -4.67. The molecule has 0 aromatic rings. The second kappa shape index (κ2) is 7.17. The number of nitrogens with one attached hydrogen (secondary N) is 2. The second-order valence-corrected chi connectivity index (χ2v) is 1.87. The van der Waals surface area contributed by atoms with Crippen LogP contribution in [0.3, 0.4) is 0 Å². The van der Waals surface area contributed by atoms with E-state index < -0.39 is 16.4 Å². The Morgan fingerprint density at radius 3 is 1.55 bits per heavy atom. The fourth-order valence-electron chi connectivity index (χ4n) is 0. The van der Waals surface area contributed by atoms with Crippen molar-refractivity contribution < 1.29 is 28.2 Å². The molecular formula is CH9N3O6S. The summed E-state index contributed by atoms with van der Waals surface area (Å²) in [6.07, 6.45) is 0. The van der Waals surface area contributed by atoms with E-state index in [4.69, 9.17) is 28.1 Å². The molecule has 0 saturated heterocycles. The Morgan fingerprint density at radius 1 is 1.45 bits per heavy atom.